The molecule has 25 heavy (non-hydrogen) atoms. The van der Waals surface area contributed by atoms with Crippen molar-refractivity contribution in [1.82, 2.24) is 14.3 Å². The number of anilines is 1. The third kappa shape index (κ3) is 2.81. The fraction of sp³-hybridized carbons (Fsp3) is 0.529. The lowest BCUT2D eigenvalue weighted by Crippen LogP contribution is -2.42. The minimum absolute atomic E-state index is 0.0000746. The summed E-state index contributed by atoms with van der Waals surface area (Å²) in [6, 6.07) is 5.34. The first kappa shape index (κ1) is 15.9. The topological polar surface area (TPSA) is 84.0 Å². The van der Waals surface area contributed by atoms with Crippen molar-refractivity contribution in [3.05, 3.63) is 34.5 Å². The normalized spacial score (nSPS) is 18.9. The summed E-state index contributed by atoms with van der Waals surface area (Å²) in [5.74, 6) is 0.690. The summed E-state index contributed by atoms with van der Waals surface area (Å²) < 4.78 is 1.51. The highest BCUT2D eigenvalue weighted by Gasteiger charge is 2.33. The van der Waals surface area contributed by atoms with Crippen molar-refractivity contribution in [3.8, 4) is 0 Å². The lowest BCUT2D eigenvalue weighted by atomic mass is 9.95. The van der Waals surface area contributed by atoms with Crippen LogP contribution in [0.3, 0.4) is 0 Å². The van der Waals surface area contributed by atoms with Gasteiger partial charge in [0.2, 0.25) is 17.4 Å². The Bertz CT molecular complexity index is 804. The van der Waals surface area contributed by atoms with Crippen LogP contribution in [0.25, 0.3) is 5.65 Å². The first-order chi connectivity index (χ1) is 12.1. The Morgan fingerprint density at radius 2 is 1.88 bits per heavy atom. The number of nitro groups is 1. The number of piperidine rings is 1. The number of likely N-dealkylation sites (tertiary alicyclic amines) is 1. The number of carbonyl (C=O) groups is 1. The summed E-state index contributed by atoms with van der Waals surface area (Å²) in [4.78, 5) is 32.1. The minimum Gasteiger partial charge on any atom is -0.358 e. The molecule has 2 aromatic rings. The summed E-state index contributed by atoms with van der Waals surface area (Å²) in [6.07, 6.45) is 5.30. The molecule has 2 aliphatic heterocycles. The van der Waals surface area contributed by atoms with Crippen LogP contribution in [0.1, 0.15) is 25.7 Å². The van der Waals surface area contributed by atoms with Crippen molar-refractivity contribution in [2.45, 2.75) is 25.7 Å². The second kappa shape index (κ2) is 6.34. The number of carbonyl (C=O) groups excluding carboxylic acids is 1. The first-order valence-electron chi connectivity index (χ1n) is 8.80. The fourth-order valence-electron chi connectivity index (χ4n) is 3.89. The number of hydrogen-bond donors (Lipinski definition) is 0. The third-order valence-corrected chi connectivity index (χ3v) is 5.22. The number of aromatic nitrogens is 2. The molecule has 2 aliphatic rings. The Kier molecular flexibility index (Phi) is 4.03. The van der Waals surface area contributed by atoms with Crippen LogP contribution < -0.4 is 4.90 Å². The van der Waals surface area contributed by atoms with Gasteiger partial charge in [-0.1, -0.05) is 6.07 Å². The van der Waals surface area contributed by atoms with Gasteiger partial charge in [0.05, 0.1) is 6.20 Å². The van der Waals surface area contributed by atoms with Gasteiger partial charge in [0, 0.05) is 38.2 Å². The molecule has 2 aromatic heterocycles. The molecule has 0 aliphatic carbocycles. The molecule has 0 saturated carbocycles. The Morgan fingerprint density at radius 3 is 2.56 bits per heavy atom. The van der Waals surface area contributed by atoms with E-state index in [0.717, 1.165) is 38.8 Å². The van der Waals surface area contributed by atoms with Crippen molar-refractivity contribution in [1.29, 1.82) is 0 Å². The summed E-state index contributed by atoms with van der Waals surface area (Å²) >= 11 is 0. The standard InChI is InChI=1S/C17H21N5O3/c23-17(20-8-3-4-9-20)13-6-11-19(12-7-13)15-16(22(24)25)21-10-2-1-5-14(21)18-15/h1-2,5,10,13H,3-4,6-9,11-12H2. The van der Waals surface area contributed by atoms with Crippen molar-refractivity contribution >= 4 is 23.2 Å². The number of fused-ring (bicyclic) bond motifs is 1. The zero-order valence-corrected chi connectivity index (χ0v) is 14.0. The van der Waals surface area contributed by atoms with Crippen molar-refractivity contribution in [2.75, 3.05) is 31.1 Å². The van der Waals surface area contributed by atoms with E-state index in [1.807, 2.05) is 15.9 Å². The van der Waals surface area contributed by atoms with Gasteiger partial charge in [0.15, 0.2) is 0 Å². The molecule has 132 valence electrons. The summed E-state index contributed by atoms with van der Waals surface area (Å²) in [7, 11) is 0. The average molecular weight is 343 g/mol. The van der Waals surface area contributed by atoms with Crippen molar-refractivity contribution in [2.24, 2.45) is 5.92 Å². The quantitative estimate of drug-likeness (QED) is 0.629. The molecule has 8 heteroatoms. The maximum atomic E-state index is 12.5. The van der Waals surface area contributed by atoms with Gasteiger partial charge in [-0.25, -0.2) is 0 Å². The highest BCUT2D eigenvalue weighted by molar-refractivity contribution is 5.79. The molecule has 2 fully saturated rings. The molecule has 4 rings (SSSR count). The smallest absolute Gasteiger partial charge is 0.358 e. The molecule has 0 unspecified atom stereocenters. The zero-order chi connectivity index (χ0) is 17.4. The number of nitrogens with zero attached hydrogens (tertiary/aromatic N) is 5. The highest BCUT2D eigenvalue weighted by atomic mass is 16.6. The lowest BCUT2D eigenvalue weighted by molar-refractivity contribution is -0.389. The third-order valence-electron chi connectivity index (χ3n) is 5.22. The van der Waals surface area contributed by atoms with Crippen LogP contribution in [-0.4, -0.2) is 51.3 Å². The second-order valence-electron chi connectivity index (χ2n) is 6.74. The van der Waals surface area contributed by atoms with E-state index >= 15 is 0 Å². The van der Waals surface area contributed by atoms with E-state index in [0.29, 0.717) is 24.6 Å². The molecule has 2 saturated heterocycles. The number of imidazole rings is 1. The van der Waals surface area contributed by atoms with Gasteiger partial charge in [-0.15, -0.1) is 0 Å². The van der Waals surface area contributed by atoms with Crippen LogP contribution in [0.4, 0.5) is 11.6 Å². The van der Waals surface area contributed by atoms with Gasteiger partial charge in [0.1, 0.15) is 0 Å². The maximum Gasteiger partial charge on any atom is 0.372 e. The molecule has 0 bridgehead atoms. The van der Waals surface area contributed by atoms with Gasteiger partial charge < -0.3 is 19.9 Å². The maximum absolute atomic E-state index is 12.5. The van der Waals surface area contributed by atoms with E-state index in [-0.39, 0.29) is 22.6 Å². The molecule has 1 amide bonds. The average Bonchev–Trinajstić information content (AvgIpc) is 3.28. The van der Waals surface area contributed by atoms with Crippen molar-refractivity contribution < 1.29 is 9.72 Å². The molecule has 0 aromatic carbocycles. The SMILES string of the molecule is O=C(C1CCN(c2nc3ccccn3c2[N+](=O)[O-])CC1)N1CCCC1. The predicted octanol–water partition coefficient (Wildman–Crippen LogP) is 2.08. The lowest BCUT2D eigenvalue weighted by Gasteiger charge is -2.32. The van der Waals surface area contributed by atoms with Gasteiger partial charge in [-0.3, -0.25) is 4.79 Å². The van der Waals surface area contributed by atoms with Gasteiger partial charge in [-0.2, -0.15) is 9.38 Å². The minimum atomic E-state index is -0.378. The molecular weight excluding hydrogens is 322 g/mol. The summed E-state index contributed by atoms with van der Waals surface area (Å²) in [5, 5.41) is 11.5. The molecule has 8 nitrogen and oxygen atoms in total. The zero-order valence-electron chi connectivity index (χ0n) is 14.0. The summed E-state index contributed by atoms with van der Waals surface area (Å²) in [5.41, 5.74) is 0.569. The number of amides is 1. The predicted molar refractivity (Wildman–Crippen MR) is 92.6 cm³/mol. The monoisotopic (exact) mass is 343 g/mol. The van der Waals surface area contributed by atoms with Crippen LogP contribution >= 0.6 is 0 Å². The molecule has 0 atom stereocenters. The van der Waals surface area contributed by atoms with Crippen LogP contribution in [0.5, 0.6) is 0 Å². The molecule has 0 N–H and O–H groups in total. The number of rotatable bonds is 3. The molecule has 0 spiro atoms. The summed E-state index contributed by atoms with van der Waals surface area (Å²) in [6.45, 7) is 2.98. The largest absolute Gasteiger partial charge is 0.372 e. The van der Waals surface area contributed by atoms with E-state index in [2.05, 4.69) is 4.98 Å². The van der Waals surface area contributed by atoms with Crippen LogP contribution in [0.15, 0.2) is 24.4 Å². The Morgan fingerprint density at radius 1 is 1.16 bits per heavy atom. The van der Waals surface area contributed by atoms with E-state index in [1.54, 1.807) is 18.3 Å². The Hall–Kier alpha value is -2.64. The fourth-order valence-corrected chi connectivity index (χ4v) is 3.89. The van der Waals surface area contributed by atoms with Gasteiger partial charge in [0.25, 0.3) is 0 Å². The van der Waals surface area contributed by atoms with E-state index in [4.69, 9.17) is 0 Å². The van der Waals surface area contributed by atoms with Gasteiger partial charge >= 0.3 is 5.82 Å². The van der Waals surface area contributed by atoms with Crippen LogP contribution in [0.2, 0.25) is 0 Å². The molecular formula is C17H21N5O3. The number of pyridine rings is 1. The Balaban J connectivity index is 1.53. The van der Waals surface area contributed by atoms with E-state index in [1.165, 1.54) is 4.40 Å². The van der Waals surface area contributed by atoms with Crippen molar-refractivity contribution in [3.63, 3.8) is 0 Å². The second-order valence-corrected chi connectivity index (χ2v) is 6.74. The Labute approximate surface area is 145 Å². The van der Waals surface area contributed by atoms with Crippen LogP contribution in [-0.2, 0) is 4.79 Å². The number of hydrogen-bond acceptors (Lipinski definition) is 5. The molecule has 4 heterocycles. The highest BCUT2D eigenvalue weighted by Crippen LogP contribution is 2.32. The van der Waals surface area contributed by atoms with Gasteiger partial charge in [-0.05, 0) is 36.7 Å². The molecule has 0 radical (unpaired) electrons. The first-order valence-corrected chi connectivity index (χ1v) is 8.80. The van der Waals surface area contributed by atoms with E-state index < -0.39 is 0 Å². The van der Waals surface area contributed by atoms with Crippen LogP contribution in [0, 0.1) is 16.0 Å². The van der Waals surface area contributed by atoms with E-state index in [9.17, 15) is 14.9 Å².